The van der Waals surface area contributed by atoms with Crippen molar-refractivity contribution in [2.24, 2.45) is 0 Å². The number of amides is 2. The van der Waals surface area contributed by atoms with Crippen LogP contribution in [-0.4, -0.2) is 22.3 Å². The topological polar surface area (TPSA) is 101 Å². The van der Waals surface area contributed by atoms with Crippen LogP contribution >= 0.6 is 0 Å². The van der Waals surface area contributed by atoms with Gasteiger partial charge in [0, 0.05) is 35.0 Å². The molecule has 7 nitrogen and oxygen atoms in total. The van der Waals surface area contributed by atoms with E-state index in [2.05, 4.69) is 10.6 Å². The Labute approximate surface area is 157 Å². The van der Waals surface area contributed by atoms with E-state index < -0.39 is 10.8 Å². The number of hydrogen-bond acceptors (Lipinski definition) is 4. The highest BCUT2D eigenvalue weighted by molar-refractivity contribution is 6.03. The minimum atomic E-state index is -0.495. The molecule has 7 heteroatoms. The van der Waals surface area contributed by atoms with Crippen molar-refractivity contribution < 1.29 is 14.5 Å². The van der Waals surface area contributed by atoms with E-state index in [1.807, 2.05) is 20.8 Å². The Morgan fingerprint density at radius 3 is 2.44 bits per heavy atom. The number of nitrogens with zero attached hydrogens (tertiary/aromatic N) is 1. The van der Waals surface area contributed by atoms with Crippen LogP contribution in [0.3, 0.4) is 0 Å². The summed E-state index contributed by atoms with van der Waals surface area (Å²) in [6.07, 6.45) is 2.76. The third kappa shape index (κ3) is 6.39. The maximum Gasteiger partial charge on any atom is 0.270 e. The summed E-state index contributed by atoms with van der Waals surface area (Å²) in [5.74, 6) is -0.638. The Kier molecular flexibility index (Phi) is 6.07. The molecule has 0 unspecified atom stereocenters. The van der Waals surface area contributed by atoms with Crippen LogP contribution in [0.25, 0.3) is 6.08 Å². The first-order valence-electron chi connectivity index (χ1n) is 8.30. The number of hydrogen-bond donors (Lipinski definition) is 2. The summed E-state index contributed by atoms with van der Waals surface area (Å²) in [4.78, 5) is 34.6. The van der Waals surface area contributed by atoms with E-state index in [1.165, 1.54) is 24.3 Å². The zero-order chi connectivity index (χ0) is 20.0. The van der Waals surface area contributed by atoms with Crippen LogP contribution in [0.15, 0.2) is 54.6 Å². The fraction of sp³-hybridized carbons (Fsp3) is 0.200. The van der Waals surface area contributed by atoms with Crippen molar-refractivity contribution in [3.05, 3.63) is 75.8 Å². The molecule has 2 aromatic rings. The first-order valence-corrected chi connectivity index (χ1v) is 8.30. The van der Waals surface area contributed by atoms with Crippen molar-refractivity contribution in [2.75, 3.05) is 5.32 Å². The Balaban J connectivity index is 2.05. The average molecular weight is 367 g/mol. The summed E-state index contributed by atoms with van der Waals surface area (Å²) in [5.41, 5.74) is 1.04. The van der Waals surface area contributed by atoms with Gasteiger partial charge in [-0.15, -0.1) is 0 Å². The molecule has 0 atom stereocenters. The van der Waals surface area contributed by atoms with Crippen molar-refractivity contribution in [2.45, 2.75) is 26.3 Å². The molecule has 140 valence electrons. The molecule has 0 bridgehead atoms. The summed E-state index contributed by atoms with van der Waals surface area (Å²) in [6, 6.07) is 12.6. The predicted octanol–water partition coefficient (Wildman–Crippen LogP) is 3.78. The smallest absolute Gasteiger partial charge is 0.270 e. The van der Waals surface area contributed by atoms with Crippen LogP contribution in [0, 0.1) is 10.1 Å². The van der Waals surface area contributed by atoms with Gasteiger partial charge in [-0.3, -0.25) is 19.7 Å². The first kappa shape index (κ1) is 19.8. The SMILES string of the molecule is CC(C)(C)NC(=O)c1cccc(NC(=O)/C=C/c2cccc([N+](=O)[O-])c2)c1. The molecule has 0 aromatic heterocycles. The monoisotopic (exact) mass is 367 g/mol. The normalized spacial score (nSPS) is 11.2. The summed E-state index contributed by atoms with van der Waals surface area (Å²) >= 11 is 0. The van der Waals surface area contributed by atoms with Gasteiger partial charge in [0.05, 0.1) is 4.92 Å². The van der Waals surface area contributed by atoms with E-state index in [1.54, 1.807) is 36.4 Å². The molecule has 27 heavy (non-hydrogen) atoms. The standard InChI is InChI=1S/C20H21N3O4/c1-20(2,3)22-19(25)15-7-5-8-16(13-15)21-18(24)11-10-14-6-4-9-17(12-14)23(26)27/h4-13H,1-3H3,(H,21,24)(H,22,25)/b11-10+. The molecule has 2 aromatic carbocycles. The van der Waals surface area contributed by atoms with E-state index in [9.17, 15) is 19.7 Å². The second-order valence-corrected chi connectivity index (χ2v) is 6.96. The van der Waals surface area contributed by atoms with Crippen LogP contribution in [0.2, 0.25) is 0 Å². The Hall–Kier alpha value is -3.48. The minimum absolute atomic E-state index is 0.0462. The molecule has 2 N–H and O–H groups in total. The number of nitro benzene ring substituents is 1. The van der Waals surface area contributed by atoms with E-state index in [0.717, 1.165) is 0 Å². The molecule has 0 aliphatic rings. The molecule has 0 aliphatic carbocycles. The molecular weight excluding hydrogens is 346 g/mol. The fourth-order valence-electron chi connectivity index (χ4n) is 2.25. The number of carbonyl (C=O) groups excluding carboxylic acids is 2. The molecule has 0 saturated heterocycles. The Morgan fingerprint density at radius 1 is 1.07 bits per heavy atom. The van der Waals surface area contributed by atoms with Crippen LogP contribution < -0.4 is 10.6 Å². The molecule has 2 amide bonds. The number of non-ortho nitro benzene ring substituents is 1. The summed E-state index contributed by atoms with van der Waals surface area (Å²) < 4.78 is 0. The highest BCUT2D eigenvalue weighted by Crippen LogP contribution is 2.15. The molecule has 0 saturated carbocycles. The van der Waals surface area contributed by atoms with Gasteiger partial charge in [-0.25, -0.2) is 0 Å². The lowest BCUT2D eigenvalue weighted by Gasteiger charge is -2.20. The van der Waals surface area contributed by atoms with Gasteiger partial charge in [0.1, 0.15) is 0 Å². The molecule has 0 spiro atoms. The van der Waals surface area contributed by atoms with Crippen molar-refractivity contribution in [3.63, 3.8) is 0 Å². The molecule has 0 aliphatic heterocycles. The van der Waals surface area contributed by atoms with Gasteiger partial charge >= 0.3 is 0 Å². The Morgan fingerprint density at radius 2 is 1.78 bits per heavy atom. The van der Waals surface area contributed by atoms with Gasteiger partial charge < -0.3 is 10.6 Å². The number of nitrogens with one attached hydrogen (secondary N) is 2. The first-order chi connectivity index (χ1) is 12.6. The van der Waals surface area contributed by atoms with E-state index in [-0.39, 0.29) is 17.1 Å². The number of nitro groups is 1. The lowest BCUT2D eigenvalue weighted by atomic mass is 10.1. The summed E-state index contributed by atoms with van der Waals surface area (Å²) in [5, 5.41) is 16.3. The molecule has 0 fully saturated rings. The molecule has 0 heterocycles. The third-order valence-electron chi connectivity index (χ3n) is 3.39. The minimum Gasteiger partial charge on any atom is -0.347 e. The summed E-state index contributed by atoms with van der Waals surface area (Å²) in [7, 11) is 0. The summed E-state index contributed by atoms with van der Waals surface area (Å²) in [6.45, 7) is 5.65. The van der Waals surface area contributed by atoms with Gasteiger partial charge in [0.2, 0.25) is 5.91 Å². The predicted molar refractivity (Wildman–Crippen MR) is 104 cm³/mol. The van der Waals surface area contributed by atoms with Crippen molar-refractivity contribution >= 4 is 29.3 Å². The number of anilines is 1. The third-order valence-corrected chi connectivity index (χ3v) is 3.39. The highest BCUT2D eigenvalue weighted by Gasteiger charge is 2.15. The van der Waals surface area contributed by atoms with Crippen molar-refractivity contribution in [1.29, 1.82) is 0 Å². The van der Waals surface area contributed by atoms with Crippen LogP contribution in [0.4, 0.5) is 11.4 Å². The van der Waals surface area contributed by atoms with Gasteiger partial charge in [-0.1, -0.05) is 18.2 Å². The quantitative estimate of drug-likeness (QED) is 0.477. The zero-order valence-electron chi connectivity index (χ0n) is 15.4. The number of carbonyl (C=O) groups is 2. The molecule has 0 radical (unpaired) electrons. The van der Waals surface area contributed by atoms with E-state index in [4.69, 9.17) is 0 Å². The lowest BCUT2D eigenvalue weighted by Crippen LogP contribution is -2.40. The van der Waals surface area contributed by atoms with Gasteiger partial charge in [0.15, 0.2) is 0 Å². The second-order valence-electron chi connectivity index (χ2n) is 6.96. The van der Waals surface area contributed by atoms with Crippen molar-refractivity contribution in [1.82, 2.24) is 5.32 Å². The van der Waals surface area contributed by atoms with Gasteiger partial charge in [0.25, 0.3) is 11.6 Å². The van der Waals surface area contributed by atoms with Gasteiger partial charge in [-0.2, -0.15) is 0 Å². The maximum atomic E-state index is 12.2. The average Bonchev–Trinajstić information content (AvgIpc) is 2.59. The maximum absolute atomic E-state index is 12.2. The lowest BCUT2D eigenvalue weighted by molar-refractivity contribution is -0.384. The largest absolute Gasteiger partial charge is 0.347 e. The van der Waals surface area contributed by atoms with Crippen LogP contribution in [-0.2, 0) is 4.79 Å². The fourth-order valence-corrected chi connectivity index (χ4v) is 2.25. The highest BCUT2D eigenvalue weighted by atomic mass is 16.6. The molecular formula is C20H21N3O4. The van der Waals surface area contributed by atoms with E-state index in [0.29, 0.717) is 16.8 Å². The second kappa shape index (κ2) is 8.27. The zero-order valence-corrected chi connectivity index (χ0v) is 15.4. The number of benzene rings is 2. The van der Waals surface area contributed by atoms with Gasteiger partial charge in [-0.05, 0) is 50.6 Å². The van der Waals surface area contributed by atoms with Crippen LogP contribution in [0.1, 0.15) is 36.7 Å². The molecule has 2 rings (SSSR count). The van der Waals surface area contributed by atoms with Crippen molar-refractivity contribution in [3.8, 4) is 0 Å². The van der Waals surface area contributed by atoms with Crippen LogP contribution in [0.5, 0.6) is 0 Å². The number of rotatable bonds is 5. The Bertz CT molecular complexity index is 898. The van der Waals surface area contributed by atoms with E-state index >= 15 is 0 Å².